The van der Waals surface area contributed by atoms with Crippen molar-refractivity contribution in [3.8, 4) is 0 Å². The molecule has 2 rings (SSSR count). The molecule has 1 saturated carbocycles. The summed E-state index contributed by atoms with van der Waals surface area (Å²) in [4.78, 5) is 11.8. The minimum atomic E-state index is -3.97. The zero-order valence-electron chi connectivity index (χ0n) is 11.6. The highest BCUT2D eigenvalue weighted by Crippen LogP contribution is 2.30. The second kappa shape index (κ2) is 5.53. The monoisotopic (exact) mass is 300 g/mol. The first kappa shape index (κ1) is 15.0. The first-order valence-corrected chi connectivity index (χ1v) is 8.21. The molecule has 0 spiro atoms. The Bertz CT molecular complexity index is 608. The number of rotatable bonds is 4. The van der Waals surface area contributed by atoms with Crippen LogP contribution in [0.15, 0.2) is 4.90 Å². The number of H-pyrrole nitrogens is 1. The molecule has 1 amide bonds. The van der Waals surface area contributed by atoms with Crippen molar-refractivity contribution in [1.82, 2.24) is 15.5 Å². The lowest BCUT2D eigenvalue weighted by Gasteiger charge is -2.15. The van der Waals surface area contributed by atoms with E-state index in [0.717, 1.165) is 6.42 Å². The number of aryl methyl sites for hydroxylation is 1. The van der Waals surface area contributed by atoms with Gasteiger partial charge < -0.3 is 5.32 Å². The van der Waals surface area contributed by atoms with Crippen molar-refractivity contribution >= 4 is 15.9 Å². The van der Waals surface area contributed by atoms with Crippen LogP contribution >= 0.6 is 0 Å². The normalized spacial score (nSPS) is 22.9. The van der Waals surface area contributed by atoms with E-state index in [1.165, 1.54) is 19.8 Å². The maximum absolute atomic E-state index is 12.1. The van der Waals surface area contributed by atoms with Crippen LogP contribution < -0.4 is 10.5 Å². The van der Waals surface area contributed by atoms with E-state index in [9.17, 15) is 13.2 Å². The van der Waals surface area contributed by atoms with Crippen molar-refractivity contribution in [1.29, 1.82) is 0 Å². The number of aromatic amines is 1. The van der Waals surface area contributed by atoms with Gasteiger partial charge in [0.15, 0.2) is 5.69 Å². The van der Waals surface area contributed by atoms with Crippen LogP contribution in [0.25, 0.3) is 0 Å². The van der Waals surface area contributed by atoms with E-state index in [2.05, 4.69) is 22.4 Å². The van der Waals surface area contributed by atoms with Crippen molar-refractivity contribution in [2.45, 2.75) is 38.0 Å². The maximum Gasteiger partial charge on any atom is 0.273 e. The standard InChI is InChI=1S/C12H20N4O3S/c1-7-4-3-5-9(7)6-14-12(17)10-11(20(13,18)19)8(2)15-16-10/h7,9H,3-6H2,1-2H3,(H,14,17)(H,15,16)(H2,13,18,19). The molecule has 0 aromatic carbocycles. The van der Waals surface area contributed by atoms with Gasteiger partial charge in [0.05, 0.1) is 5.69 Å². The summed E-state index contributed by atoms with van der Waals surface area (Å²) in [6.07, 6.45) is 3.43. The largest absolute Gasteiger partial charge is 0.350 e. The first-order chi connectivity index (χ1) is 9.30. The highest BCUT2D eigenvalue weighted by atomic mass is 32.2. The number of nitrogens with zero attached hydrogens (tertiary/aromatic N) is 1. The molecule has 0 aliphatic heterocycles. The summed E-state index contributed by atoms with van der Waals surface area (Å²) >= 11 is 0. The molecule has 20 heavy (non-hydrogen) atoms. The average Bonchev–Trinajstić information content (AvgIpc) is 2.91. The number of hydrogen-bond acceptors (Lipinski definition) is 4. The molecule has 2 unspecified atom stereocenters. The molecule has 0 bridgehead atoms. The molecule has 0 saturated heterocycles. The minimum Gasteiger partial charge on any atom is -0.350 e. The molecular formula is C12H20N4O3S. The lowest BCUT2D eigenvalue weighted by atomic mass is 9.98. The Kier molecular flexibility index (Phi) is 4.14. The smallest absolute Gasteiger partial charge is 0.273 e. The number of primary sulfonamides is 1. The number of nitrogens with one attached hydrogen (secondary N) is 2. The van der Waals surface area contributed by atoms with Gasteiger partial charge in [-0.1, -0.05) is 19.8 Å². The first-order valence-electron chi connectivity index (χ1n) is 6.66. The van der Waals surface area contributed by atoms with E-state index in [1.54, 1.807) is 0 Å². The quantitative estimate of drug-likeness (QED) is 0.751. The molecule has 7 nitrogen and oxygen atoms in total. The Morgan fingerprint density at radius 1 is 1.50 bits per heavy atom. The predicted molar refractivity (Wildman–Crippen MR) is 73.5 cm³/mol. The molecule has 1 aromatic rings. The van der Waals surface area contributed by atoms with Crippen LogP contribution in [0.3, 0.4) is 0 Å². The molecule has 8 heteroatoms. The fourth-order valence-electron chi connectivity index (χ4n) is 2.75. The van der Waals surface area contributed by atoms with Crippen LogP contribution in [0.1, 0.15) is 42.4 Å². The Labute approximate surface area is 118 Å². The molecule has 1 fully saturated rings. The van der Waals surface area contributed by atoms with Gasteiger partial charge in [-0.3, -0.25) is 9.89 Å². The molecule has 1 aliphatic carbocycles. The zero-order chi connectivity index (χ0) is 14.9. The predicted octanol–water partition coefficient (Wildman–Crippen LogP) is 0.532. The van der Waals surface area contributed by atoms with Crippen molar-refractivity contribution in [2.24, 2.45) is 17.0 Å². The van der Waals surface area contributed by atoms with Crippen LogP contribution in [0, 0.1) is 18.8 Å². The Hall–Kier alpha value is -1.41. The third kappa shape index (κ3) is 3.01. The number of carbonyl (C=O) groups is 1. The van der Waals surface area contributed by atoms with Crippen LogP contribution in [-0.4, -0.2) is 31.1 Å². The van der Waals surface area contributed by atoms with Gasteiger partial charge in [-0.05, 0) is 25.2 Å². The summed E-state index contributed by atoms with van der Waals surface area (Å²) in [5.74, 6) is 0.517. The van der Waals surface area contributed by atoms with Gasteiger partial charge in [-0.25, -0.2) is 13.6 Å². The zero-order valence-corrected chi connectivity index (χ0v) is 12.5. The Morgan fingerprint density at radius 3 is 2.75 bits per heavy atom. The fourth-order valence-corrected chi connectivity index (χ4v) is 3.63. The topological polar surface area (TPSA) is 118 Å². The second-order valence-electron chi connectivity index (χ2n) is 5.45. The van der Waals surface area contributed by atoms with Crippen LogP contribution in [0.4, 0.5) is 0 Å². The number of hydrogen-bond donors (Lipinski definition) is 3. The summed E-state index contributed by atoms with van der Waals surface area (Å²) in [5.41, 5.74) is 0.113. The van der Waals surface area contributed by atoms with Crippen molar-refractivity contribution in [3.63, 3.8) is 0 Å². The molecule has 4 N–H and O–H groups in total. The van der Waals surface area contributed by atoms with Crippen molar-refractivity contribution in [3.05, 3.63) is 11.4 Å². The number of sulfonamides is 1. The van der Waals surface area contributed by atoms with Crippen LogP contribution in [-0.2, 0) is 10.0 Å². The van der Waals surface area contributed by atoms with E-state index in [4.69, 9.17) is 5.14 Å². The molecular weight excluding hydrogens is 280 g/mol. The Balaban J connectivity index is 2.10. The van der Waals surface area contributed by atoms with Gasteiger partial charge in [0.1, 0.15) is 4.90 Å². The molecule has 0 radical (unpaired) electrons. The average molecular weight is 300 g/mol. The summed E-state index contributed by atoms with van der Waals surface area (Å²) in [7, 11) is -3.97. The number of carbonyl (C=O) groups excluding carboxylic acids is 1. The van der Waals surface area contributed by atoms with E-state index in [0.29, 0.717) is 18.4 Å². The lowest BCUT2D eigenvalue weighted by Crippen LogP contribution is -2.32. The van der Waals surface area contributed by atoms with Crippen molar-refractivity contribution < 1.29 is 13.2 Å². The summed E-state index contributed by atoms with van der Waals surface area (Å²) in [6.45, 7) is 4.22. The van der Waals surface area contributed by atoms with E-state index < -0.39 is 15.9 Å². The lowest BCUT2D eigenvalue weighted by molar-refractivity contribution is 0.0936. The third-order valence-corrected chi connectivity index (χ3v) is 5.02. The Morgan fingerprint density at radius 2 is 2.20 bits per heavy atom. The van der Waals surface area contributed by atoms with Gasteiger partial charge in [0.25, 0.3) is 5.91 Å². The van der Waals surface area contributed by atoms with Gasteiger partial charge >= 0.3 is 0 Å². The summed E-state index contributed by atoms with van der Waals surface area (Å²) in [5, 5.41) is 14.1. The second-order valence-corrected chi connectivity index (χ2v) is 6.95. The SMILES string of the molecule is Cc1[nH]nc(C(=O)NCC2CCCC2C)c1S(N)(=O)=O. The number of amides is 1. The number of aromatic nitrogens is 2. The molecule has 1 heterocycles. The fraction of sp³-hybridized carbons (Fsp3) is 0.667. The van der Waals surface area contributed by atoms with Gasteiger partial charge in [-0.15, -0.1) is 0 Å². The molecule has 112 valence electrons. The minimum absolute atomic E-state index is 0.157. The summed E-state index contributed by atoms with van der Waals surface area (Å²) in [6, 6.07) is 0. The van der Waals surface area contributed by atoms with E-state index in [-0.39, 0.29) is 16.3 Å². The van der Waals surface area contributed by atoms with Gasteiger partial charge in [0.2, 0.25) is 10.0 Å². The van der Waals surface area contributed by atoms with E-state index >= 15 is 0 Å². The van der Waals surface area contributed by atoms with Crippen LogP contribution in [0.5, 0.6) is 0 Å². The van der Waals surface area contributed by atoms with Gasteiger partial charge in [-0.2, -0.15) is 5.10 Å². The van der Waals surface area contributed by atoms with E-state index in [1.807, 2.05) is 0 Å². The van der Waals surface area contributed by atoms with Gasteiger partial charge in [0, 0.05) is 6.54 Å². The maximum atomic E-state index is 12.1. The summed E-state index contributed by atoms with van der Waals surface area (Å²) < 4.78 is 23.0. The molecule has 1 aromatic heterocycles. The third-order valence-electron chi connectivity index (χ3n) is 3.95. The number of nitrogens with two attached hydrogens (primary N) is 1. The molecule has 2 atom stereocenters. The highest BCUT2D eigenvalue weighted by molar-refractivity contribution is 7.89. The van der Waals surface area contributed by atoms with Crippen molar-refractivity contribution in [2.75, 3.05) is 6.54 Å². The van der Waals surface area contributed by atoms with Crippen LogP contribution in [0.2, 0.25) is 0 Å². The molecule has 1 aliphatic rings. The highest BCUT2D eigenvalue weighted by Gasteiger charge is 2.28.